The van der Waals surface area contributed by atoms with Crippen molar-refractivity contribution in [3.8, 4) is 0 Å². The fourth-order valence-corrected chi connectivity index (χ4v) is 1.83. The zero-order valence-electron chi connectivity index (χ0n) is 8.37. The van der Waals surface area contributed by atoms with Crippen molar-refractivity contribution in [3.05, 3.63) is 30.2 Å². The summed E-state index contributed by atoms with van der Waals surface area (Å²) in [5, 5.41) is 13.9. The Morgan fingerprint density at radius 3 is 3.13 bits per heavy atom. The number of aromatic nitrogens is 3. The number of fused-ring (bicyclic) bond motifs is 1. The van der Waals surface area contributed by atoms with Crippen molar-refractivity contribution in [1.82, 2.24) is 14.6 Å². The van der Waals surface area contributed by atoms with Gasteiger partial charge in [0.1, 0.15) is 0 Å². The highest BCUT2D eigenvalue weighted by atomic mass is 16.3. The molecule has 1 aliphatic carbocycles. The molecule has 0 bridgehead atoms. The maximum atomic E-state index is 9.80. The molecule has 0 saturated heterocycles. The van der Waals surface area contributed by atoms with Gasteiger partial charge in [-0.25, -0.2) is 9.50 Å². The van der Waals surface area contributed by atoms with Gasteiger partial charge < -0.3 is 5.11 Å². The zero-order chi connectivity index (χ0) is 10.3. The Kier molecular flexibility index (Phi) is 1.95. The molecule has 1 unspecified atom stereocenters. The number of aliphatic hydroxyl groups excluding tert-OH is 1. The van der Waals surface area contributed by atoms with Crippen LogP contribution < -0.4 is 0 Å². The molecule has 4 nitrogen and oxygen atoms in total. The Balaban J connectivity index is 1.83. The van der Waals surface area contributed by atoms with E-state index in [0.717, 1.165) is 24.2 Å². The highest BCUT2D eigenvalue weighted by Gasteiger charge is 2.29. The van der Waals surface area contributed by atoms with Crippen LogP contribution in [0.1, 0.15) is 18.5 Å². The maximum absolute atomic E-state index is 9.80. The minimum absolute atomic E-state index is 0.220. The predicted molar refractivity (Wildman–Crippen MR) is 55.4 cm³/mol. The lowest BCUT2D eigenvalue weighted by Gasteiger charge is -2.07. The molecule has 1 saturated carbocycles. The molecule has 0 radical (unpaired) electrons. The summed E-state index contributed by atoms with van der Waals surface area (Å²) in [6.07, 6.45) is 6.38. The van der Waals surface area contributed by atoms with E-state index in [4.69, 9.17) is 0 Å². The summed E-state index contributed by atoms with van der Waals surface area (Å²) in [5.41, 5.74) is 1.79. The number of hydrogen-bond donors (Lipinski definition) is 1. The monoisotopic (exact) mass is 203 g/mol. The minimum Gasteiger partial charge on any atom is -0.392 e. The van der Waals surface area contributed by atoms with Crippen LogP contribution in [-0.2, 0) is 6.42 Å². The molecule has 1 N–H and O–H groups in total. The van der Waals surface area contributed by atoms with Crippen LogP contribution in [0.3, 0.4) is 0 Å². The van der Waals surface area contributed by atoms with Crippen LogP contribution in [0.15, 0.2) is 24.5 Å². The maximum Gasteiger partial charge on any atom is 0.155 e. The van der Waals surface area contributed by atoms with Crippen molar-refractivity contribution in [3.63, 3.8) is 0 Å². The Labute approximate surface area is 87.6 Å². The van der Waals surface area contributed by atoms with E-state index >= 15 is 0 Å². The van der Waals surface area contributed by atoms with Gasteiger partial charge in [0.25, 0.3) is 0 Å². The largest absolute Gasteiger partial charge is 0.392 e. The van der Waals surface area contributed by atoms with Crippen LogP contribution in [0.4, 0.5) is 0 Å². The number of nitrogens with zero attached hydrogens (tertiary/aromatic N) is 3. The van der Waals surface area contributed by atoms with Crippen molar-refractivity contribution in [2.45, 2.75) is 25.4 Å². The summed E-state index contributed by atoms with van der Waals surface area (Å²) in [6, 6.07) is 3.79. The molecular weight excluding hydrogens is 190 g/mol. The van der Waals surface area contributed by atoms with Crippen molar-refractivity contribution in [2.24, 2.45) is 5.92 Å². The minimum atomic E-state index is -0.220. The lowest BCUT2D eigenvalue weighted by atomic mass is 10.1. The molecule has 0 amide bonds. The van der Waals surface area contributed by atoms with Gasteiger partial charge in [-0.1, -0.05) is 0 Å². The molecule has 2 aromatic heterocycles. The van der Waals surface area contributed by atoms with Gasteiger partial charge >= 0.3 is 0 Å². The second-order valence-corrected chi connectivity index (χ2v) is 4.16. The molecule has 1 aliphatic rings. The summed E-state index contributed by atoms with van der Waals surface area (Å²) in [5.74, 6) is 0.507. The van der Waals surface area contributed by atoms with Crippen molar-refractivity contribution < 1.29 is 5.11 Å². The lowest BCUT2D eigenvalue weighted by Crippen LogP contribution is -2.14. The number of rotatable bonds is 3. The van der Waals surface area contributed by atoms with Gasteiger partial charge in [-0.3, -0.25) is 0 Å². The standard InChI is InChI=1S/C11H13N3O/c15-10(8-1-2-8)7-9-4-6-14-11(13-9)3-5-12-14/h3-6,8,10,15H,1-2,7H2. The van der Waals surface area contributed by atoms with E-state index < -0.39 is 0 Å². The molecule has 2 heterocycles. The van der Waals surface area contributed by atoms with Crippen molar-refractivity contribution in [2.75, 3.05) is 0 Å². The van der Waals surface area contributed by atoms with Crippen LogP contribution in [-0.4, -0.2) is 25.8 Å². The fourth-order valence-electron chi connectivity index (χ4n) is 1.83. The summed E-state index contributed by atoms with van der Waals surface area (Å²) in [4.78, 5) is 4.43. The zero-order valence-corrected chi connectivity index (χ0v) is 8.37. The summed E-state index contributed by atoms with van der Waals surface area (Å²) < 4.78 is 1.73. The van der Waals surface area contributed by atoms with Crippen LogP contribution in [0.25, 0.3) is 5.65 Å². The van der Waals surface area contributed by atoms with E-state index in [9.17, 15) is 5.11 Å². The van der Waals surface area contributed by atoms with E-state index in [1.165, 1.54) is 0 Å². The Bertz CT molecular complexity index is 475. The topological polar surface area (TPSA) is 50.4 Å². The third kappa shape index (κ3) is 1.72. The predicted octanol–water partition coefficient (Wildman–Crippen LogP) is 1.04. The second-order valence-electron chi connectivity index (χ2n) is 4.16. The number of hydrogen-bond acceptors (Lipinski definition) is 3. The van der Waals surface area contributed by atoms with Crippen LogP contribution in [0, 0.1) is 5.92 Å². The van der Waals surface area contributed by atoms with E-state index in [1.807, 2.05) is 18.3 Å². The Morgan fingerprint density at radius 2 is 2.33 bits per heavy atom. The number of aliphatic hydroxyl groups is 1. The first kappa shape index (κ1) is 8.85. The first-order valence-corrected chi connectivity index (χ1v) is 5.30. The summed E-state index contributed by atoms with van der Waals surface area (Å²) in [6.45, 7) is 0. The smallest absolute Gasteiger partial charge is 0.155 e. The third-order valence-corrected chi connectivity index (χ3v) is 2.90. The summed E-state index contributed by atoms with van der Waals surface area (Å²) in [7, 11) is 0. The molecule has 0 aliphatic heterocycles. The Morgan fingerprint density at radius 1 is 1.47 bits per heavy atom. The molecule has 3 rings (SSSR count). The highest BCUT2D eigenvalue weighted by molar-refractivity contribution is 5.36. The molecule has 1 atom stereocenters. The first-order valence-electron chi connectivity index (χ1n) is 5.30. The molecule has 0 spiro atoms. The average molecular weight is 203 g/mol. The molecule has 78 valence electrons. The van der Waals surface area contributed by atoms with Gasteiger partial charge in [-0.15, -0.1) is 0 Å². The van der Waals surface area contributed by atoms with Gasteiger partial charge in [0.05, 0.1) is 12.3 Å². The van der Waals surface area contributed by atoms with Crippen LogP contribution >= 0.6 is 0 Å². The van der Waals surface area contributed by atoms with Gasteiger partial charge in [-0.2, -0.15) is 5.10 Å². The van der Waals surface area contributed by atoms with Crippen LogP contribution in [0.2, 0.25) is 0 Å². The van der Waals surface area contributed by atoms with Gasteiger partial charge in [0.2, 0.25) is 0 Å². The fraction of sp³-hybridized carbons (Fsp3) is 0.455. The van der Waals surface area contributed by atoms with Crippen molar-refractivity contribution >= 4 is 5.65 Å². The SMILES string of the molecule is OC(Cc1ccn2nccc2n1)C1CC1. The van der Waals surface area contributed by atoms with E-state index in [-0.39, 0.29) is 6.10 Å². The van der Waals surface area contributed by atoms with Crippen LogP contribution in [0.5, 0.6) is 0 Å². The molecular formula is C11H13N3O. The van der Waals surface area contributed by atoms with E-state index in [0.29, 0.717) is 12.3 Å². The van der Waals surface area contributed by atoms with Gasteiger partial charge in [-0.05, 0) is 24.8 Å². The molecule has 4 heteroatoms. The first-order chi connectivity index (χ1) is 7.33. The quantitative estimate of drug-likeness (QED) is 0.811. The molecule has 2 aromatic rings. The highest BCUT2D eigenvalue weighted by Crippen LogP contribution is 2.33. The Hall–Kier alpha value is -1.42. The normalized spacial score (nSPS) is 18.2. The molecule has 15 heavy (non-hydrogen) atoms. The molecule has 1 fully saturated rings. The molecule has 0 aromatic carbocycles. The van der Waals surface area contributed by atoms with E-state index in [1.54, 1.807) is 10.7 Å². The third-order valence-electron chi connectivity index (χ3n) is 2.90. The van der Waals surface area contributed by atoms with Crippen molar-refractivity contribution in [1.29, 1.82) is 0 Å². The van der Waals surface area contributed by atoms with E-state index in [2.05, 4.69) is 10.1 Å². The summed E-state index contributed by atoms with van der Waals surface area (Å²) >= 11 is 0. The lowest BCUT2D eigenvalue weighted by molar-refractivity contribution is 0.150. The van der Waals surface area contributed by atoms with Gasteiger partial charge in [0.15, 0.2) is 5.65 Å². The van der Waals surface area contributed by atoms with Gasteiger partial charge in [0, 0.05) is 24.4 Å². The second kappa shape index (κ2) is 3.31. The average Bonchev–Trinajstić information content (AvgIpc) is 2.98.